The van der Waals surface area contributed by atoms with E-state index in [2.05, 4.69) is 36.6 Å². The number of amides is 4. The average molecular weight is 473 g/mol. The molecule has 4 atom stereocenters. The molecule has 0 saturated heterocycles. The Balaban J connectivity index is 2.06. The van der Waals surface area contributed by atoms with Gasteiger partial charge in [0.1, 0.15) is 0 Å². The number of carbonyl (C=O) groups is 3. The van der Waals surface area contributed by atoms with Gasteiger partial charge >= 0.3 is 6.03 Å². The maximum Gasteiger partial charge on any atom is 0.312 e. The third-order valence-corrected chi connectivity index (χ3v) is 6.51. The highest BCUT2D eigenvalue weighted by Crippen LogP contribution is 2.27. The first kappa shape index (κ1) is 27.3. The summed E-state index contributed by atoms with van der Waals surface area (Å²) in [6.45, 7) is 7.64. The summed E-state index contributed by atoms with van der Waals surface area (Å²) in [6, 6.07) is 7.15. The van der Waals surface area contributed by atoms with Crippen LogP contribution in [0.25, 0.3) is 0 Å². The maximum absolute atomic E-state index is 11.9. The Labute approximate surface area is 202 Å². The lowest BCUT2D eigenvalue weighted by Gasteiger charge is -2.38. The first-order valence-corrected chi connectivity index (χ1v) is 12.0. The molecule has 2 rings (SSSR count). The summed E-state index contributed by atoms with van der Waals surface area (Å²) < 4.78 is 0. The normalized spacial score (nSPS) is 17.1. The molecule has 1 aromatic rings. The molecule has 9 heteroatoms. The fourth-order valence-electron chi connectivity index (χ4n) is 4.59. The Kier molecular flexibility index (Phi) is 10.5. The van der Waals surface area contributed by atoms with Crippen LogP contribution in [0.2, 0.25) is 0 Å². The zero-order valence-electron chi connectivity index (χ0n) is 20.5. The highest BCUT2D eigenvalue weighted by molar-refractivity contribution is 6.12. The topological polar surface area (TPSA) is 157 Å². The van der Waals surface area contributed by atoms with E-state index in [-0.39, 0.29) is 48.2 Å². The van der Waals surface area contributed by atoms with Crippen LogP contribution in [0, 0.1) is 24.7 Å². The van der Waals surface area contributed by atoms with Crippen molar-refractivity contribution >= 4 is 23.5 Å². The minimum Gasteiger partial charge on any atom is -0.385 e. The van der Waals surface area contributed by atoms with E-state index in [4.69, 9.17) is 17.2 Å². The molecule has 1 aliphatic rings. The lowest BCUT2D eigenvalue weighted by Crippen LogP contribution is -2.51. The minimum absolute atomic E-state index is 0.0188. The Morgan fingerprint density at radius 1 is 1.03 bits per heavy atom. The Hall–Kier alpha value is -2.91. The molecule has 0 radical (unpaired) electrons. The van der Waals surface area contributed by atoms with E-state index >= 15 is 0 Å². The second-order valence-corrected chi connectivity index (χ2v) is 9.45. The molecule has 9 nitrogen and oxygen atoms in total. The lowest BCUT2D eigenvalue weighted by molar-refractivity contribution is -0.136. The molecule has 34 heavy (non-hydrogen) atoms. The molecule has 4 amide bonds. The van der Waals surface area contributed by atoms with Crippen molar-refractivity contribution in [2.24, 2.45) is 35.0 Å². The summed E-state index contributed by atoms with van der Waals surface area (Å²) in [7, 11) is 0. The summed E-state index contributed by atoms with van der Waals surface area (Å²) in [6.07, 6.45) is 4.57. The second-order valence-electron chi connectivity index (χ2n) is 9.45. The van der Waals surface area contributed by atoms with Crippen molar-refractivity contribution in [3.8, 4) is 0 Å². The van der Waals surface area contributed by atoms with E-state index < -0.39 is 6.03 Å². The molecule has 0 aliphatic carbocycles. The van der Waals surface area contributed by atoms with Gasteiger partial charge in [-0.25, -0.2) is 4.79 Å². The molecule has 8 N–H and O–H groups in total. The van der Waals surface area contributed by atoms with Crippen LogP contribution in [-0.4, -0.2) is 54.5 Å². The van der Waals surface area contributed by atoms with Crippen LogP contribution in [0.1, 0.15) is 38.7 Å². The Morgan fingerprint density at radius 2 is 1.65 bits per heavy atom. The van der Waals surface area contributed by atoms with Gasteiger partial charge in [-0.15, -0.1) is 0 Å². The van der Waals surface area contributed by atoms with Crippen LogP contribution in [0.4, 0.5) is 10.5 Å². The number of nitrogens with zero attached hydrogens (tertiary/aromatic N) is 1. The van der Waals surface area contributed by atoms with Gasteiger partial charge in [-0.05, 0) is 56.1 Å². The Morgan fingerprint density at radius 3 is 2.21 bits per heavy atom. The number of aryl methyl sites for hydroxylation is 1. The molecule has 0 aromatic heterocycles. The summed E-state index contributed by atoms with van der Waals surface area (Å²) in [4.78, 5) is 36.0. The third-order valence-electron chi connectivity index (χ3n) is 6.51. The lowest BCUT2D eigenvalue weighted by atomic mass is 9.75. The number of nitrogens with one attached hydrogen (secondary N) is 2. The summed E-state index contributed by atoms with van der Waals surface area (Å²) in [5, 5.41) is 6.12. The second kappa shape index (κ2) is 13.1. The van der Waals surface area contributed by atoms with E-state index in [1.165, 1.54) is 22.6 Å². The SMILES string of the molecule is Cc1ccc(NC[C@H](CCCNC(N)=O)C(N)[C@@H](C(C)C)C(N)CCN2C(=O)C=CC2=O)cc1. The largest absolute Gasteiger partial charge is 0.385 e. The van der Waals surface area contributed by atoms with Crippen molar-refractivity contribution in [2.45, 2.75) is 52.1 Å². The van der Waals surface area contributed by atoms with E-state index in [9.17, 15) is 14.4 Å². The monoisotopic (exact) mass is 472 g/mol. The van der Waals surface area contributed by atoms with E-state index in [0.29, 0.717) is 19.5 Å². The number of primary amides is 1. The number of hydrogen-bond acceptors (Lipinski definition) is 6. The highest BCUT2D eigenvalue weighted by atomic mass is 16.2. The van der Waals surface area contributed by atoms with Gasteiger partial charge in [-0.3, -0.25) is 14.5 Å². The van der Waals surface area contributed by atoms with Gasteiger partial charge in [0.2, 0.25) is 0 Å². The summed E-state index contributed by atoms with van der Waals surface area (Å²) in [5.74, 6) is -0.325. The first-order valence-electron chi connectivity index (χ1n) is 12.0. The maximum atomic E-state index is 11.9. The van der Waals surface area contributed by atoms with E-state index in [1.54, 1.807) is 0 Å². The van der Waals surface area contributed by atoms with Gasteiger partial charge in [0.15, 0.2) is 0 Å². The molecule has 1 heterocycles. The zero-order valence-corrected chi connectivity index (χ0v) is 20.5. The quantitative estimate of drug-likeness (QED) is 0.205. The summed E-state index contributed by atoms with van der Waals surface area (Å²) >= 11 is 0. The molecule has 0 saturated carbocycles. The number of nitrogens with two attached hydrogens (primary N) is 3. The van der Waals surface area contributed by atoms with Gasteiger partial charge in [-0.1, -0.05) is 31.5 Å². The van der Waals surface area contributed by atoms with Crippen LogP contribution in [0.3, 0.4) is 0 Å². The number of imide groups is 1. The van der Waals surface area contributed by atoms with E-state index in [0.717, 1.165) is 18.5 Å². The molecule has 1 aliphatic heterocycles. The fraction of sp³-hybridized carbons (Fsp3) is 0.560. The van der Waals surface area contributed by atoms with Crippen molar-refractivity contribution in [3.63, 3.8) is 0 Å². The van der Waals surface area contributed by atoms with Gasteiger partial charge in [-0.2, -0.15) is 0 Å². The smallest absolute Gasteiger partial charge is 0.312 e. The molecule has 188 valence electrons. The van der Waals surface area contributed by atoms with Crippen molar-refractivity contribution < 1.29 is 14.4 Å². The average Bonchev–Trinajstić information content (AvgIpc) is 3.09. The van der Waals surface area contributed by atoms with Crippen LogP contribution < -0.4 is 27.8 Å². The molecule has 0 spiro atoms. The van der Waals surface area contributed by atoms with Gasteiger partial charge in [0.25, 0.3) is 11.8 Å². The molecule has 1 aromatic carbocycles. The zero-order chi connectivity index (χ0) is 25.3. The van der Waals surface area contributed by atoms with Gasteiger partial charge in [0, 0.05) is 49.6 Å². The number of urea groups is 1. The number of hydrogen-bond donors (Lipinski definition) is 5. The van der Waals surface area contributed by atoms with Crippen LogP contribution in [0.15, 0.2) is 36.4 Å². The molecular formula is C25H40N6O3. The number of carbonyl (C=O) groups excluding carboxylic acids is 3. The predicted octanol–water partition coefficient (Wildman–Crippen LogP) is 1.71. The van der Waals surface area contributed by atoms with Crippen LogP contribution >= 0.6 is 0 Å². The van der Waals surface area contributed by atoms with Crippen LogP contribution in [0.5, 0.6) is 0 Å². The Bertz CT molecular complexity index is 837. The van der Waals surface area contributed by atoms with Crippen molar-refractivity contribution in [1.82, 2.24) is 10.2 Å². The number of benzene rings is 1. The fourth-order valence-corrected chi connectivity index (χ4v) is 4.59. The molecular weight excluding hydrogens is 432 g/mol. The van der Waals surface area contributed by atoms with Crippen molar-refractivity contribution in [3.05, 3.63) is 42.0 Å². The summed E-state index contributed by atoms with van der Waals surface area (Å²) in [5.41, 5.74) is 20.8. The third kappa shape index (κ3) is 8.14. The van der Waals surface area contributed by atoms with Gasteiger partial charge in [0.05, 0.1) is 0 Å². The van der Waals surface area contributed by atoms with Gasteiger partial charge < -0.3 is 27.8 Å². The molecule has 0 fully saturated rings. The number of anilines is 1. The minimum atomic E-state index is -0.541. The van der Waals surface area contributed by atoms with Crippen LogP contribution in [-0.2, 0) is 9.59 Å². The first-order chi connectivity index (χ1) is 16.1. The standard InChI is InChI=1S/C25H40N6O3/c1-16(2)23(20(26)12-14-31-21(32)10-11-22(31)33)24(27)18(5-4-13-29-25(28)34)15-30-19-8-6-17(3)7-9-19/h6-11,16,18,20,23-24,30H,4-5,12-15,26-27H2,1-3H3,(H3,28,29,34)/t18-,20?,23-,24?/m0/s1. The predicted molar refractivity (Wildman–Crippen MR) is 135 cm³/mol. The van der Waals surface area contributed by atoms with E-state index in [1.807, 2.05) is 19.1 Å². The molecule has 0 bridgehead atoms. The number of rotatable bonds is 14. The van der Waals surface area contributed by atoms with Crippen molar-refractivity contribution in [1.29, 1.82) is 0 Å². The van der Waals surface area contributed by atoms with Crippen molar-refractivity contribution in [2.75, 3.05) is 25.0 Å². The highest BCUT2D eigenvalue weighted by Gasteiger charge is 2.34. The molecule has 2 unspecified atom stereocenters.